The number of hydrogen-bond donors (Lipinski definition) is 1. The molecule has 1 fully saturated rings. The van der Waals surface area contributed by atoms with E-state index in [9.17, 15) is 23.2 Å². The maximum absolute atomic E-state index is 13.0. The van der Waals surface area contributed by atoms with E-state index < -0.39 is 24.0 Å². The number of nitrogens with one attached hydrogen (secondary N) is 1. The summed E-state index contributed by atoms with van der Waals surface area (Å²) in [4.78, 5) is 42.9. The minimum atomic E-state index is -2.66. The number of likely N-dealkylation sites (tertiary alicyclic amines) is 1. The van der Waals surface area contributed by atoms with Gasteiger partial charge in [-0.05, 0) is 63.9 Å². The number of carbonyl (C=O) groups is 3. The Morgan fingerprint density at radius 2 is 2.06 bits per heavy atom. The number of amides is 2. The Labute approximate surface area is 204 Å². The highest BCUT2D eigenvalue weighted by Crippen LogP contribution is 2.29. The lowest BCUT2D eigenvalue weighted by atomic mass is 10.2. The number of ether oxygens (including phenoxy) is 1. The van der Waals surface area contributed by atoms with E-state index in [-0.39, 0.29) is 21.7 Å². The quantitative estimate of drug-likeness (QED) is 0.448. The molecule has 1 aliphatic rings. The topological polar surface area (TPSA) is 93.5 Å². The summed E-state index contributed by atoms with van der Waals surface area (Å²) in [5.41, 5.74) is 0.956. The molecule has 8 nitrogen and oxygen atoms in total. The van der Waals surface area contributed by atoms with Crippen molar-refractivity contribution in [3.05, 3.63) is 45.6 Å². The first-order chi connectivity index (χ1) is 16.6. The molecule has 1 saturated heterocycles. The Morgan fingerprint density at radius 3 is 2.71 bits per heavy atom. The van der Waals surface area contributed by atoms with Crippen molar-refractivity contribution in [2.45, 2.75) is 58.2 Å². The number of anilines is 1. The summed E-state index contributed by atoms with van der Waals surface area (Å²) in [7, 11) is 0. The van der Waals surface area contributed by atoms with Gasteiger partial charge in [0.1, 0.15) is 11.9 Å². The van der Waals surface area contributed by atoms with Crippen molar-refractivity contribution < 1.29 is 27.9 Å². The number of rotatable bonds is 6. The lowest BCUT2D eigenvalue weighted by molar-refractivity contribution is 0.0215. The fourth-order valence-electron chi connectivity index (χ4n) is 4.05. The zero-order valence-electron chi connectivity index (χ0n) is 19.6. The molecule has 0 aliphatic carbocycles. The van der Waals surface area contributed by atoms with Crippen molar-refractivity contribution in [1.29, 1.82) is 0 Å². The molecule has 0 radical (unpaired) electrons. The summed E-state index contributed by atoms with van der Waals surface area (Å²) in [5.74, 6) is -0.361. The number of imidazole rings is 1. The lowest BCUT2D eigenvalue weighted by Crippen LogP contribution is -2.41. The molecular weight excluding hydrogens is 478 g/mol. The summed E-state index contributed by atoms with van der Waals surface area (Å²) in [6.45, 7) is 6.30. The molecule has 0 unspecified atom stereocenters. The molecule has 186 valence electrons. The molecule has 0 spiro atoms. The smallest absolute Gasteiger partial charge is 0.410 e. The number of benzene rings is 1. The van der Waals surface area contributed by atoms with E-state index in [2.05, 4.69) is 10.3 Å². The third-order valence-electron chi connectivity index (χ3n) is 5.60. The van der Waals surface area contributed by atoms with Crippen LogP contribution in [0.2, 0.25) is 0 Å². The SMILES string of the molecule is CC(C)(C)OC(=O)N1CCC[C@@H]1Cn1c(NC(=O)c2ccc(C(F)F)s2)nc2cc(C=O)ccc21. The number of halogens is 2. The highest BCUT2D eigenvalue weighted by molar-refractivity contribution is 7.14. The molecule has 4 rings (SSSR count). The first kappa shape index (κ1) is 24.8. The van der Waals surface area contributed by atoms with Crippen molar-refractivity contribution >= 4 is 46.6 Å². The minimum Gasteiger partial charge on any atom is -0.444 e. The summed E-state index contributed by atoms with van der Waals surface area (Å²) in [6, 6.07) is 7.36. The predicted molar refractivity (Wildman–Crippen MR) is 128 cm³/mol. The minimum absolute atomic E-state index is 0.128. The molecule has 1 N–H and O–H groups in total. The molecule has 0 bridgehead atoms. The highest BCUT2D eigenvalue weighted by Gasteiger charge is 2.33. The molecule has 1 aromatic carbocycles. The van der Waals surface area contributed by atoms with Crippen LogP contribution in [0.4, 0.5) is 19.5 Å². The number of fused-ring (bicyclic) bond motifs is 1. The van der Waals surface area contributed by atoms with Gasteiger partial charge >= 0.3 is 6.09 Å². The molecule has 3 aromatic rings. The molecule has 2 aromatic heterocycles. The molecule has 1 aliphatic heterocycles. The van der Waals surface area contributed by atoms with E-state index in [1.165, 1.54) is 12.1 Å². The largest absolute Gasteiger partial charge is 0.444 e. The first-order valence-corrected chi connectivity index (χ1v) is 12.0. The van der Waals surface area contributed by atoms with Gasteiger partial charge in [0.25, 0.3) is 12.3 Å². The van der Waals surface area contributed by atoms with Crippen LogP contribution in [0.15, 0.2) is 30.3 Å². The van der Waals surface area contributed by atoms with Crippen molar-refractivity contribution in [2.75, 3.05) is 11.9 Å². The van der Waals surface area contributed by atoms with E-state index >= 15 is 0 Å². The summed E-state index contributed by atoms with van der Waals surface area (Å²) >= 11 is 0.715. The van der Waals surface area contributed by atoms with Crippen molar-refractivity contribution in [3.8, 4) is 0 Å². The van der Waals surface area contributed by atoms with Crippen LogP contribution < -0.4 is 5.32 Å². The van der Waals surface area contributed by atoms with Crippen LogP contribution in [-0.4, -0.2) is 50.9 Å². The Morgan fingerprint density at radius 1 is 1.29 bits per heavy atom. The summed E-state index contributed by atoms with van der Waals surface area (Å²) in [5, 5.41) is 2.72. The van der Waals surface area contributed by atoms with Crippen LogP contribution in [-0.2, 0) is 11.3 Å². The van der Waals surface area contributed by atoms with E-state index in [0.717, 1.165) is 12.8 Å². The number of aromatic nitrogens is 2. The molecule has 0 saturated carbocycles. The number of aldehydes is 1. The van der Waals surface area contributed by atoms with Gasteiger partial charge in [-0.25, -0.2) is 18.6 Å². The normalized spacial score (nSPS) is 16.2. The zero-order chi connectivity index (χ0) is 25.3. The second kappa shape index (κ2) is 9.73. The third kappa shape index (κ3) is 5.50. The number of alkyl halides is 2. The van der Waals surface area contributed by atoms with Crippen LogP contribution in [0.5, 0.6) is 0 Å². The molecule has 2 amide bonds. The van der Waals surface area contributed by atoms with Crippen LogP contribution >= 0.6 is 11.3 Å². The Bertz CT molecular complexity index is 1260. The number of thiophene rings is 1. The molecule has 35 heavy (non-hydrogen) atoms. The van der Waals surface area contributed by atoms with Gasteiger partial charge in [0.15, 0.2) is 0 Å². The number of hydrogen-bond acceptors (Lipinski definition) is 6. The van der Waals surface area contributed by atoms with Gasteiger partial charge in [-0.15, -0.1) is 11.3 Å². The maximum atomic E-state index is 13.0. The first-order valence-electron chi connectivity index (χ1n) is 11.2. The van der Waals surface area contributed by atoms with Gasteiger partial charge in [0.2, 0.25) is 5.95 Å². The third-order valence-corrected chi connectivity index (χ3v) is 6.69. The van der Waals surface area contributed by atoms with Crippen LogP contribution in [0, 0.1) is 0 Å². The zero-order valence-corrected chi connectivity index (χ0v) is 20.4. The van der Waals surface area contributed by atoms with Gasteiger partial charge in [-0.1, -0.05) is 0 Å². The average Bonchev–Trinajstić information content (AvgIpc) is 3.51. The summed E-state index contributed by atoms with van der Waals surface area (Å²) in [6.07, 6.45) is -0.818. The van der Waals surface area contributed by atoms with Crippen molar-refractivity contribution in [3.63, 3.8) is 0 Å². The summed E-state index contributed by atoms with van der Waals surface area (Å²) < 4.78 is 33.3. The second-order valence-electron chi connectivity index (χ2n) is 9.34. The average molecular weight is 505 g/mol. The van der Waals surface area contributed by atoms with Crippen molar-refractivity contribution in [2.24, 2.45) is 0 Å². The standard InChI is InChI=1S/C24H26F2N4O4S/c1-24(2,3)34-23(33)29-10-4-5-15(29)12-30-17-7-6-14(13-31)11-16(17)27-22(30)28-21(32)19-9-8-18(35-19)20(25)26/h6-9,11,13,15,20H,4-5,10,12H2,1-3H3,(H,27,28,32)/t15-/m1/s1. The molecular formula is C24H26F2N4O4S. The predicted octanol–water partition coefficient (Wildman–Crippen LogP) is 5.50. The van der Waals surface area contributed by atoms with E-state index in [1.807, 2.05) is 20.8 Å². The van der Waals surface area contributed by atoms with E-state index in [0.29, 0.717) is 47.3 Å². The van der Waals surface area contributed by atoms with Crippen molar-refractivity contribution in [1.82, 2.24) is 14.5 Å². The van der Waals surface area contributed by atoms with Crippen LogP contribution in [0.3, 0.4) is 0 Å². The van der Waals surface area contributed by atoms with Crippen LogP contribution in [0.25, 0.3) is 11.0 Å². The lowest BCUT2D eigenvalue weighted by Gasteiger charge is -2.29. The Kier molecular flexibility index (Phi) is 6.88. The number of nitrogens with zero attached hydrogens (tertiary/aromatic N) is 3. The monoisotopic (exact) mass is 504 g/mol. The van der Waals surface area contributed by atoms with Gasteiger partial charge in [-0.3, -0.25) is 14.9 Å². The Hall–Kier alpha value is -3.34. The van der Waals surface area contributed by atoms with E-state index in [1.54, 1.807) is 27.7 Å². The highest BCUT2D eigenvalue weighted by atomic mass is 32.1. The fraction of sp³-hybridized carbons (Fsp3) is 0.417. The molecule has 11 heteroatoms. The van der Waals surface area contributed by atoms with Gasteiger partial charge in [0, 0.05) is 18.7 Å². The fourth-order valence-corrected chi connectivity index (χ4v) is 4.81. The molecule has 3 heterocycles. The second-order valence-corrected chi connectivity index (χ2v) is 10.5. The maximum Gasteiger partial charge on any atom is 0.410 e. The van der Waals surface area contributed by atoms with Crippen LogP contribution in [0.1, 0.15) is 64.9 Å². The Balaban J connectivity index is 1.65. The molecule has 1 atom stereocenters. The number of carbonyl (C=O) groups excluding carboxylic acids is 3. The van der Waals surface area contributed by atoms with Gasteiger partial charge < -0.3 is 14.2 Å². The van der Waals surface area contributed by atoms with Gasteiger partial charge in [0.05, 0.1) is 26.8 Å². The van der Waals surface area contributed by atoms with Gasteiger partial charge in [-0.2, -0.15) is 0 Å². The van der Waals surface area contributed by atoms with E-state index in [4.69, 9.17) is 4.74 Å².